The van der Waals surface area contributed by atoms with E-state index in [0.717, 1.165) is 19.5 Å². The van der Waals surface area contributed by atoms with Gasteiger partial charge in [0.1, 0.15) is 0 Å². The van der Waals surface area contributed by atoms with E-state index in [9.17, 15) is 4.79 Å². The zero-order chi connectivity index (χ0) is 13.8. The van der Waals surface area contributed by atoms with Crippen LogP contribution in [0.4, 0.5) is 0 Å². The average molecular weight is 260 g/mol. The minimum Gasteiger partial charge on any atom is -0.352 e. The maximum Gasteiger partial charge on any atom is 0.222 e. The van der Waals surface area contributed by atoms with Crippen LogP contribution < -0.4 is 5.32 Å². The summed E-state index contributed by atoms with van der Waals surface area (Å²) >= 11 is 0. The predicted molar refractivity (Wildman–Crippen MR) is 77.8 cm³/mol. The van der Waals surface area contributed by atoms with Crippen molar-refractivity contribution in [2.24, 2.45) is 5.92 Å². The fourth-order valence-corrected chi connectivity index (χ4v) is 2.57. The summed E-state index contributed by atoms with van der Waals surface area (Å²) in [5, 5.41) is 3.13. The van der Waals surface area contributed by atoms with Crippen molar-refractivity contribution in [1.82, 2.24) is 10.2 Å². The molecule has 0 bridgehead atoms. The van der Waals surface area contributed by atoms with Crippen molar-refractivity contribution in [2.45, 2.75) is 39.3 Å². The van der Waals surface area contributed by atoms with Crippen LogP contribution in [0.5, 0.6) is 0 Å². The molecule has 1 aliphatic rings. The summed E-state index contributed by atoms with van der Waals surface area (Å²) in [6.07, 6.45) is 1.05. The van der Waals surface area contributed by atoms with Gasteiger partial charge in [0.25, 0.3) is 0 Å². The molecule has 1 amide bonds. The highest BCUT2D eigenvalue weighted by molar-refractivity contribution is 5.78. The lowest BCUT2D eigenvalue weighted by molar-refractivity contribution is -0.124. The second-order valence-electron chi connectivity index (χ2n) is 5.73. The molecule has 0 radical (unpaired) electrons. The molecule has 2 atom stereocenters. The second-order valence-corrected chi connectivity index (χ2v) is 5.73. The number of nitrogens with one attached hydrogen (secondary N) is 1. The van der Waals surface area contributed by atoms with Crippen LogP contribution in [0.3, 0.4) is 0 Å². The van der Waals surface area contributed by atoms with E-state index in [-0.39, 0.29) is 11.8 Å². The SMILES string of the molecule is CC(C)C(=O)N[C@H]1CCN([C@@H](C)c2ccccc2)C1. The summed E-state index contributed by atoms with van der Waals surface area (Å²) < 4.78 is 0. The third-order valence-electron chi connectivity index (χ3n) is 3.92. The number of hydrogen-bond acceptors (Lipinski definition) is 2. The lowest BCUT2D eigenvalue weighted by atomic mass is 10.1. The van der Waals surface area contributed by atoms with Crippen LogP contribution >= 0.6 is 0 Å². The summed E-state index contributed by atoms with van der Waals surface area (Å²) in [6.45, 7) is 8.12. The van der Waals surface area contributed by atoms with Crippen molar-refractivity contribution in [1.29, 1.82) is 0 Å². The minimum atomic E-state index is 0.0700. The number of hydrogen-bond donors (Lipinski definition) is 1. The fraction of sp³-hybridized carbons (Fsp3) is 0.562. The van der Waals surface area contributed by atoms with Crippen LogP contribution in [0, 0.1) is 5.92 Å². The number of carbonyl (C=O) groups is 1. The molecule has 0 aromatic heterocycles. The molecule has 1 heterocycles. The van der Waals surface area contributed by atoms with Crippen molar-refractivity contribution in [2.75, 3.05) is 13.1 Å². The van der Waals surface area contributed by atoms with E-state index in [2.05, 4.69) is 41.4 Å². The summed E-state index contributed by atoms with van der Waals surface area (Å²) in [5.41, 5.74) is 1.35. The van der Waals surface area contributed by atoms with E-state index >= 15 is 0 Å². The van der Waals surface area contributed by atoms with E-state index in [1.807, 2.05) is 19.9 Å². The lowest BCUT2D eigenvalue weighted by Gasteiger charge is -2.25. The van der Waals surface area contributed by atoms with Crippen molar-refractivity contribution >= 4 is 5.91 Å². The first-order valence-corrected chi connectivity index (χ1v) is 7.17. The number of rotatable bonds is 4. The van der Waals surface area contributed by atoms with Crippen LogP contribution in [-0.2, 0) is 4.79 Å². The zero-order valence-electron chi connectivity index (χ0n) is 12.1. The van der Waals surface area contributed by atoms with E-state index in [0.29, 0.717) is 12.1 Å². The molecule has 0 saturated carbocycles. The van der Waals surface area contributed by atoms with Gasteiger partial charge in [-0.15, -0.1) is 0 Å². The first-order valence-electron chi connectivity index (χ1n) is 7.17. The number of likely N-dealkylation sites (tertiary alicyclic amines) is 1. The Morgan fingerprint density at radius 1 is 1.26 bits per heavy atom. The van der Waals surface area contributed by atoms with Crippen LogP contribution in [0.2, 0.25) is 0 Å². The quantitative estimate of drug-likeness (QED) is 0.902. The minimum absolute atomic E-state index is 0.0700. The number of nitrogens with zero attached hydrogens (tertiary/aromatic N) is 1. The Hall–Kier alpha value is -1.35. The van der Waals surface area contributed by atoms with E-state index < -0.39 is 0 Å². The maximum atomic E-state index is 11.7. The van der Waals surface area contributed by atoms with Gasteiger partial charge in [-0.3, -0.25) is 9.69 Å². The standard InChI is InChI=1S/C16H24N2O/c1-12(2)16(19)17-15-9-10-18(11-15)13(3)14-7-5-4-6-8-14/h4-8,12-13,15H,9-11H2,1-3H3,(H,17,19)/t13-,15-/m0/s1. The Labute approximate surface area is 116 Å². The summed E-state index contributed by atoms with van der Waals surface area (Å²) in [7, 11) is 0. The highest BCUT2D eigenvalue weighted by atomic mass is 16.1. The number of amides is 1. The van der Waals surface area contributed by atoms with E-state index in [1.54, 1.807) is 0 Å². The summed E-state index contributed by atoms with van der Waals surface area (Å²) in [5.74, 6) is 0.236. The number of carbonyl (C=O) groups excluding carboxylic acids is 1. The Kier molecular flexibility index (Phi) is 4.59. The highest BCUT2D eigenvalue weighted by Gasteiger charge is 2.27. The molecule has 3 nitrogen and oxygen atoms in total. The molecule has 1 saturated heterocycles. The molecular formula is C16H24N2O. The third kappa shape index (κ3) is 3.57. The predicted octanol–water partition coefficient (Wildman–Crippen LogP) is 2.59. The van der Waals surface area contributed by atoms with Gasteiger partial charge in [0.15, 0.2) is 0 Å². The molecule has 0 unspecified atom stereocenters. The van der Waals surface area contributed by atoms with Gasteiger partial charge in [0.05, 0.1) is 0 Å². The second kappa shape index (κ2) is 6.20. The van der Waals surface area contributed by atoms with Crippen molar-refractivity contribution < 1.29 is 4.79 Å². The molecule has 19 heavy (non-hydrogen) atoms. The molecule has 1 fully saturated rings. The smallest absolute Gasteiger partial charge is 0.222 e. The third-order valence-corrected chi connectivity index (χ3v) is 3.92. The van der Waals surface area contributed by atoms with Crippen LogP contribution in [0.1, 0.15) is 38.8 Å². The Morgan fingerprint density at radius 2 is 1.95 bits per heavy atom. The summed E-state index contributed by atoms with van der Waals surface area (Å²) in [6, 6.07) is 11.3. The first kappa shape index (κ1) is 14.1. The Morgan fingerprint density at radius 3 is 2.58 bits per heavy atom. The molecule has 0 spiro atoms. The van der Waals surface area contributed by atoms with Crippen molar-refractivity contribution in [3.05, 3.63) is 35.9 Å². The molecule has 104 valence electrons. The van der Waals surface area contributed by atoms with Crippen LogP contribution in [0.15, 0.2) is 30.3 Å². The Bertz CT molecular complexity index is 416. The van der Waals surface area contributed by atoms with Gasteiger partial charge in [-0.05, 0) is 18.9 Å². The number of benzene rings is 1. The molecule has 0 aliphatic carbocycles. The van der Waals surface area contributed by atoms with Gasteiger partial charge >= 0.3 is 0 Å². The molecule has 1 aliphatic heterocycles. The van der Waals surface area contributed by atoms with Gasteiger partial charge in [-0.2, -0.15) is 0 Å². The van der Waals surface area contributed by atoms with Gasteiger partial charge in [-0.25, -0.2) is 0 Å². The maximum absolute atomic E-state index is 11.7. The fourth-order valence-electron chi connectivity index (χ4n) is 2.57. The van der Waals surface area contributed by atoms with Crippen LogP contribution in [0.25, 0.3) is 0 Å². The monoisotopic (exact) mass is 260 g/mol. The van der Waals surface area contributed by atoms with Gasteiger partial charge < -0.3 is 5.32 Å². The molecule has 1 N–H and O–H groups in total. The molecule has 2 rings (SSSR count). The zero-order valence-corrected chi connectivity index (χ0v) is 12.1. The molecule has 3 heteroatoms. The van der Waals surface area contributed by atoms with Crippen molar-refractivity contribution in [3.63, 3.8) is 0 Å². The Balaban J connectivity index is 1.90. The van der Waals surface area contributed by atoms with E-state index in [1.165, 1.54) is 5.56 Å². The topological polar surface area (TPSA) is 32.3 Å². The molecular weight excluding hydrogens is 236 g/mol. The molecule has 1 aromatic rings. The van der Waals surface area contributed by atoms with Crippen molar-refractivity contribution in [3.8, 4) is 0 Å². The highest BCUT2D eigenvalue weighted by Crippen LogP contribution is 2.24. The summed E-state index contributed by atoms with van der Waals surface area (Å²) in [4.78, 5) is 14.2. The largest absolute Gasteiger partial charge is 0.352 e. The van der Waals surface area contributed by atoms with Crippen LogP contribution in [-0.4, -0.2) is 29.9 Å². The lowest BCUT2D eigenvalue weighted by Crippen LogP contribution is -2.39. The normalized spacial score (nSPS) is 21.6. The van der Waals surface area contributed by atoms with Gasteiger partial charge in [0.2, 0.25) is 5.91 Å². The van der Waals surface area contributed by atoms with E-state index in [4.69, 9.17) is 0 Å². The first-order chi connectivity index (χ1) is 9.08. The van der Waals surface area contributed by atoms with Gasteiger partial charge in [-0.1, -0.05) is 44.2 Å². The van der Waals surface area contributed by atoms with Gasteiger partial charge in [0, 0.05) is 31.1 Å². The average Bonchev–Trinajstić information content (AvgIpc) is 2.87. The molecule has 1 aromatic carbocycles.